The van der Waals surface area contributed by atoms with Crippen LogP contribution in [0.5, 0.6) is 11.5 Å². The molecule has 26 heavy (non-hydrogen) atoms. The molecule has 132 valence electrons. The van der Waals surface area contributed by atoms with Gasteiger partial charge in [0, 0.05) is 23.7 Å². The predicted octanol–water partition coefficient (Wildman–Crippen LogP) is 3.57. The fraction of sp³-hybridized carbons (Fsp3) is 0.200. The van der Waals surface area contributed by atoms with Gasteiger partial charge in [0.1, 0.15) is 5.69 Å². The molecule has 2 aromatic carbocycles. The van der Waals surface area contributed by atoms with Crippen LogP contribution in [0.1, 0.15) is 17.5 Å². The van der Waals surface area contributed by atoms with Crippen molar-refractivity contribution in [2.24, 2.45) is 5.16 Å². The summed E-state index contributed by atoms with van der Waals surface area (Å²) in [6.07, 6.45) is 4.12. The first-order chi connectivity index (χ1) is 12.8. The van der Waals surface area contributed by atoms with Crippen LogP contribution in [0.4, 0.5) is 0 Å². The lowest BCUT2D eigenvalue weighted by atomic mass is 10.1. The molecule has 0 radical (unpaired) electrons. The molecule has 1 N–H and O–H groups in total. The van der Waals surface area contributed by atoms with Gasteiger partial charge in [-0.15, -0.1) is 0 Å². The van der Waals surface area contributed by atoms with Gasteiger partial charge in [-0.05, 0) is 23.8 Å². The van der Waals surface area contributed by atoms with E-state index in [2.05, 4.69) is 22.4 Å². The average Bonchev–Trinajstić information content (AvgIpc) is 2.90. The number of hydrogen-bond acceptors (Lipinski definition) is 5. The van der Waals surface area contributed by atoms with E-state index in [-0.39, 0.29) is 0 Å². The summed E-state index contributed by atoms with van der Waals surface area (Å²) in [5.41, 5.74) is 3.50. The Labute approximate surface area is 151 Å². The molecule has 0 amide bonds. The first kappa shape index (κ1) is 16.2. The normalized spacial score (nSPS) is 13.7. The van der Waals surface area contributed by atoms with Gasteiger partial charge in [0.15, 0.2) is 11.5 Å². The first-order valence-corrected chi connectivity index (χ1v) is 8.52. The molecule has 6 heteroatoms. The van der Waals surface area contributed by atoms with Crippen LogP contribution in [-0.4, -0.2) is 34.4 Å². The van der Waals surface area contributed by atoms with Crippen molar-refractivity contribution in [1.82, 2.24) is 9.78 Å². The second kappa shape index (κ2) is 7.31. The Kier molecular flexibility index (Phi) is 4.55. The zero-order chi connectivity index (χ0) is 17.8. The zero-order valence-corrected chi connectivity index (χ0v) is 14.2. The van der Waals surface area contributed by atoms with E-state index in [9.17, 15) is 0 Å². The monoisotopic (exact) mass is 349 g/mol. The van der Waals surface area contributed by atoms with E-state index in [1.807, 2.05) is 47.3 Å². The molecule has 0 saturated carbocycles. The Hall–Kier alpha value is -3.28. The SMILES string of the molecule is O/N=C/c1cn(Cc2ccccc2)nc1-c1ccc2c(c1)OCCCO2. The van der Waals surface area contributed by atoms with Gasteiger partial charge in [-0.25, -0.2) is 0 Å². The van der Waals surface area contributed by atoms with Crippen LogP contribution < -0.4 is 9.47 Å². The average molecular weight is 349 g/mol. The van der Waals surface area contributed by atoms with Gasteiger partial charge in [0.2, 0.25) is 0 Å². The molecule has 0 aliphatic carbocycles. The molecule has 0 bridgehead atoms. The van der Waals surface area contributed by atoms with Gasteiger partial charge in [0.25, 0.3) is 0 Å². The summed E-state index contributed by atoms with van der Waals surface area (Å²) in [7, 11) is 0. The molecule has 4 rings (SSSR count). The van der Waals surface area contributed by atoms with E-state index in [0.29, 0.717) is 25.5 Å². The summed E-state index contributed by atoms with van der Waals surface area (Å²) in [5.74, 6) is 1.46. The lowest BCUT2D eigenvalue weighted by Gasteiger charge is -2.08. The Bertz CT molecular complexity index is 919. The number of aromatic nitrogens is 2. The first-order valence-electron chi connectivity index (χ1n) is 8.52. The third-order valence-corrected chi connectivity index (χ3v) is 4.20. The fourth-order valence-electron chi connectivity index (χ4n) is 2.98. The molecule has 3 aromatic rings. The van der Waals surface area contributed by atoms with Gasteiger partial charge in [-0.3, -0.25) is 4.68 Å². The minimum Gasteiger partial charge on any atom is -0.490 e. The molecule has 0 atom stereocenters. The summed E-state index contributed by atoms with van der Waals surface area (Å²) < 4.78 is 13.3. The van der Waals surface area contributed by atoms with Crippen LogP contribution in [0.2, 0.25) is 0 Å². The highest BCUT2D eigenvalue weighted by Crippen LogP contribution is 2.34. The largest absolute Gasteiger partial charge is 0.490 e. The second-order valence-electron chi connectivity index (χ2n) is 6.07. The maximum atomic E-state index is 9.01. The lowest BCUT2D eigenvalue weighted by molar-refractivity contribution is 0.297. The molecule has 0 spiro atoms. The van der Waals surface area contributed by atoms with E-state index in [0.717, 1.165) is 34.6 Å². The highest BCUT2D eigenvalue weighted by atomic mass is 16.5. The molecule has 6 nitrogen and oxygen atoms in total. The Morgan fingerprint density at radius 2 is 1.88 bits per heavy atom. The van der Waals surface area contributed by atoms with Crippen molar-refractivity contribution in [1.29, 1.82) is 0 Å². The molecule has 0 saturated heterocycles. The quantitative estimate of drug-likeness (QED) is 0.444. The van der Waals surface area contributed by atoms with Crippen molar-refractivity contribution in [2.45, 2.75) is 13.0 Å². The van der Waals surface area contributed by atoms with Crippen LogP contribution in [0, 0.1) is 0 Å². The molecule has 0 fully saturated rings. The summed E-state index contributed by atoms with van der Waals surface area (Å²) >= 11 is 0. The van der Waals surface area contributed by atoms with Crippen molar-refractivity contribution in [3.63, 3.8) is 0 Å². The highest BCUT2D eigenvalue weighted by Gasteiger charge is 2.15. The Morgan fingerprint density at radius 3 is 2.69 bits per heavy atom. The number of ether oxygens (including phenoxy) is 2. The van der Waals surface area contributed by atoms with Crippen molar-refractivity contribution in [3.8, 4) is 22.8 Å². The summed E-state index contributed by atoms with van der Waals surface area (Å²) in [4.78, 5) is 0. The second-order valence-corrected chi connectivity index (χ2v) is 6.07. The lowest BCUT2D eigenvalue weighted by Crippen LogP contribution is -2.00. The van der Waals surface area contributed by atoms with Gasteiger partial charge < -0.3 is 14.7 Å². The molecule has 1 aliphatic heterocycles. The minimum atomic E-state index is 0.629. The fourth-order valence-corrected chi connectivity index (χ4v) is 2.98. The van der Waals surface area contributed by atoms with Crippen molar-refractivity contribution < 1.29 is 14.7 Å². The van der Waals surface area contributed by atoms with Crippen LogP contribution in [0.15, 0.2) is 59.9 Å². The number of rotatable bonds is 4. The van der Waals surface area contributed by atoms with Crippen molar-refractivity contribution in [2.75, 3.05) is 13.2 Å². The standard InChI is InChI=1S/C20H19N3O3/c24-21-12-17-14-23(13-15-5-2-1-3-6-15)22-20(17)16-7-8-18-19(11-16)26-10-4-9-25-18/h1-3,5-8,11-12,14,24H,4,9-10,13H2/b21-12+. The highest BCUT2D eigenvalue weighted by molar-refractivity contribution is 5.88. The van der Waals surface area contributed by atoms with E-state index in [4.69, 9.17) is 14.7 Å². The third-order valence-electron chi connectivity index (χ3n) is 4.20. The number of nitrogens with zero attached hydrogens (tertiary/aromatic N) is 3. The zero-order valence-electron chi connectivity index (χ0n) is 14.2. The molecular weight excluding hydrogens is 330 g/mol. The smallest absolute Gasteiger partial charge is 0.161 e. The van der Waals surface area contributed by atoms with E-state index >= 15 is 0 Å². The summed E-state index contributed by atoms with van der Waals surface area (Å²) in [6, 6.07) is 15.8. The van der Waals surface area contributed by atoms with Gasteiger partial charge in [-0.2, -0.15) is 5.10 Å². The van der Waals surface area contributed by atoms with E-state index in [1.54, 1.807) is 0 Å². The van der Waals surface area contributed by atoms with Crippen molar-refractivity contribution in [3.05, 3.63) is 65.9 Å². The van der Waals surface area contributed by atoms with Crippen LogP contribution in [0.25, 0.3) is 11.3 Å². The van der Waals surface area contributed by atoms with Crippen molar-refractivity contribution >= 4 is 6.21 Å². The molecular formula is C20H19N3O3. The van der Waals surface area contributed by atoms with Crippen LogP contribution in [-0.2, 0) is 6.54 Å². The van der Waals surface area contributed by atoms with Crippen LogP contribution in [0.3, 0.4) is 0 Å². The Balaban J connectivity index is 1.70. The van der Waals surface area contributed by atoms with Gasteiger partial charge in [0.05, 0.1) is 26.0 Å². The summed E-state index contributed by atoms with van der Waals surface area (Å²) in [5, 5.41) is 16.9. The predicted molar refractivity (Wildman–Crippen MR) is 98.2 cm³/mol. The molecule has 1 aromatic heterocycles. The topological polar surface area (TPSA) is 68.9 Å². The van der Waals surface area contributed by atoms with E-state index < -0.39 is 0 Å². The number of benzene rings is 2. The molecule has 1 aliphatic rings. The van der Waals surface area contributed by atoms with E-state index in [1.165, 1.54) is 6.21 Å². The Morgan fingerprint density at radius 1 is 1.08 bits per heavy atom. The third kappa shape index (κ3) is 3.39. The number of hydrogen-bond donors (Lipinski definition) is 1. The van der Waals surface area contributed by atoms with Gasteiger partial charge in [-0.1, -0.05) is 35.5 Å². The maximum Gasteiger partial charge on any atom is 0.161 e. The van der Waals surface area contributed by atoms with Crippen LogP contribution >= 0.6 is 0 Å². The van der Waals surface area contributed by atoms with Gasteiger partial charge >= 0.3 is 0 Å². The molecule has 0 unspecified atom stereocenters. The minimum absolute atomic E-state index is 0.629. The maximum absolute atomic E-state index is 9.01. The number of fused-ring (bicyclic) bond motifs is 1. The summed E-state index contributed by atoms with van der Waals surface area (Å²) in [6.45, 7) is 1.92. The number of oxime groups is 1. The molecule has 2 heterocycles.